The lowest BCUT2D eigenvalue weighted by molar-refractivity contribution is -0.144. The van der Waals surface area contributed by atoms with Gasteiger partial charge in [-0.1, -0.05) is 55.0 Å². The van der Waals surface area contributed by atoms with Crippen molar-refractivity contribution in [1.29, 1.82) is 0 Å². The van der Waals surface area contributed by atoms with Crippen LogP contribution in [0.3, 0.4) is 0 Å². The molecule has 0 saturated heterocycles. The zero-order valence-electron chi connectivity index (χ0n) is 19.5. The number of carboxylic acid groups (broad SMARTS) is 1. The summed E-state index contributed by atoms with van der Waals surface area (Å²) in [5.41, 5.74) is 3.71. The van der Waals surface area contributed by atoms with E-state index in [-0.39, 0.29) is 37.0 Å². The number of hydrogen-bond donors (Lipinski definition) is 3. The van der Waals surface area contributed by atoms with Gasteiger partial charge in [0.2, 0.25) is 5.91 Å². The number of benzene rings is 2. The van der Waals surface area contributed by atoms with Crippen molar-refractivity contribution in [3.05, 3.63) is 59.7 Å². The molecule has 2 aromatic rings. The van der Waals surface area contributed by atoms with Gasteiger partial charge in [-0.2, -0.15) is 0 Å². The molecule has 8 nitrogen and oxygen atoms in total. The molecule has 3 N–H and O–H groups in total. The molecular weight excluding hydrogens is 448 g/mol. The minimum absolute atomic E-state index is 0.0522. The molecular formula is C27H30N2O6. The molecule has 0 aliphatic heterocycles. The highest BCUT2D eigenvalue weighted by molar-refractivity contribution is 5.91. The Bertz CT molecular complexity index is 1090. The molecule has 0 unspecified atom stereocenters. The van der Waals surface area contributed by atoms with E-state index in [1.54, 1.807) is 0 Å². The second-order valence-electron chi connectivity index (χ2n) is 9.94. The van der Waals surface area contributed by atoms with Crippen molar-refractivity contribution in [3.63, 3.8) is 0 Å². The number of carbonyl (C=O) groups excluding carboxylic acids is 2. The van der Waals surface area contributed by atoms with Crippen LogP contribution in [0.25, 0.3) is 11.1 Å². The molecule has 0 heterocycles. The number of ether oxygens (including phenoxy) is 2. The van der Waals surface area contributed by atoms with Crippen molar-refractivity contribution >= 4 is 18.0 Å². The number of aliphatic carboxylic acids is 1. The lowest BCUT2D eigenvalue weighted by Crippen LogP contribution is -2.70. The molecule has 35 heavy (non-hydrogen) atoms. The van der Waals surface area contributed by atoms with Gasteiger partial charge in [-0.3, -0.25) is 4.79 Å². The SMILES string of the molecule is O=C(O)COCCNC(=O)C1(NC(=O)OCC2c3ccccc3-c3ccccc32)CC2(CCC2)C1. The van der Waals surface area contributed by atoms with Crippen molar-refractivity contribution < 1.29 is 29.0 Å². The summed E-state index contributed by atoms with van der Waals surface area (Å²) >= 11 is 0. The number of nitrogens with one attached hydrogen (secondary N) is 2. The molecule has 0 atom stereocenters. The van der Waals surface area contributed by atoms with E-state index in [1.807, 2.05) is 24.3 Å². The Morgan fingerprint density at radius 3 is 2.17 bits per heavy atom. The summed E-state index contributed by atoms with van der Waals surface area (Å²) < 4.78 is 10.7. The van der Waals surface area contributed by atoms with Gasteiger partial charge in [-0.05, 0) is 53.4 Å². The molecule has 0 radical (unpaired) electrons. The summed E-state index contributed by atoms with van der Waals surface area (Å²) in [5, 5.41) is 14.3. The Morgan fingerprint density at radius 2 is 1.60 bits per heavy atom. The number of amides is 2. The highest BCUT2D eigenvalue weighted by Crippen LogP contribution is 2.60. The molecule has 8 heteroatoms. The number of rotatable bonds is 9. The van der Waals surface area contributed by atoms with Gasteiger partial charge in [0.25, 0.3) is 0 Å². The van der Waals surface area contributed by atoms with Crippen molar-refractivity contribution in [2.24, 2.45) is 5.41 Å². The largest absolute Gasteiger partial charge is 0.480 e. The van der Waals surface area contributed by atoms with E-state index in [0.717, 1.165) is 41.5 Å². The number of fused-ring (bicyclic) bond motifs is 3. The molecule has 2 aromatic carbocycles. The number of carbonyl (C=O) groups is 3. The quantitative estimate of drug-likeness (QED) is 0.476. The number of carboxylic acids is 1. The predicted molar refractivity (Wildman–Crippen MR) is 128 cm³/mol. The van der Waals surface area contributed by atoms with Crippen LogP contribution in [0.15, 0.2) is 48.5 Å². The number of hydrogen-bond acceptors (Lipinski definition) is 5. The van der Waals surface area contributed by atoms with Gasteiger partial charge in [0.1, 0.15) is 18.8 Å². The second kappa shape index (κ2) is 9.34. The first kappa shape index (κ1) is 23.4. The third-order valence-electron chi connectivity index (χ3n) is 7.64. The molecule has 2 fully saturated rings. The molecule has 184 valence electrons. The van der Waals surface area contributed by atoms with E-state index < -0.39 is 24.2 Å². The lowest BCUT2D eigenvalue weighted by atomic mass is 9.48. The zero-order valence-corrected chi connectivity index (χ0v) is 19.5. The summed E-state index contributed by atoms with van der Waals surface area (Å²) in [6, 6.07) is 16.3. The summed E-state index contributed by atoms with van der Waals surface area (Å²) in [7, 11) is 0. The Kier molecular flexibility index (Phi) is 6.23. The first-order valence-electron chi connectivity index (χ1n) is 12.1. The van der Waals surface area contributed by atoms with Crippen LogP contribution < -0.4 is 10.6 Å². The fourth-order valence-electron chi connectivity index (χ4n) is 5.96. The van der Waals surface area contributed by atoms with Crippen molar-refractivity contribution in [2.75, 3.05) is 26.4 Å². The summed E-state index contributed by atoms with van der Waals surface area (Å²) in [5.74, 6) is -1.39. The molecule has 3 aliphatic carbocycles. The molecule has 2 amide bonds. The molecule has 3 aliphatic rings. The number of alkyl carbamates (subject to hydrolysis) is 1. The van der Waals surface area contributed by atoms with Gasteiger partial charge in [-0.15, -0.1) is 0 Å². The smallest absolute Gasteiger partial charge is 0.408 e. The fraction of sp³-hybridized carbons (Fsp3) is 0.444. The average Bonchev–Trinajstić information content (AvgIpc) is 3.12. The van der Waals surface area contributed by atoms with Gasteiger partial charge in [-0.25, -0.2) is 9.59 Å². The first-order chi connectivity index (χ1) is 16.9. The van der Waals surface area contributed by atoms with Crippen LogP contribution in [0, 0.1) is 5.41 Å². The molecule has 0 bridgehead atoms. The average molecular weight is 479 g/mol. The van der Waals surface area contributed by atoms with Gasteiger partial charge in [0, 0.05) is 12.5 Å². The van der Waals surface area contributed by atoms with Gasteiger partial charge in [0.05, 0.1) is 6.61 Å². The van der Waals surface area contributed by atoms with E-state index in [1.165, 1.54) is 0 Å². The third-order valence-corrected chi connectivity index (χ3v) is 7.64. The normalized spacial score (nSPS) is 18.5. The predicted octanol–water partition coefficient (Wildman–Crippen LogP) is 3.45. The highest BCUT2D eigenvalue weighted by atomic mass is 16.5. The maximum Gasteiger partial charge on any atom is 0.408 e. The third kappa shape index (κ3) is 4.50. The zero-order chi connectivity index (χ0) is 24.5. The maximum absolute atomic E-state index is 13.0. The van der Waals surface area contributed by atoms with Crippen LogP contribution >= 0.6 is 0 Å². The van der Waals surface area contributed by atoms with Crippen molar-refractivity contribution in [1.82, 2.24) is 10.6 Å². The summed E-state index contributed by atoms with van der Waals surface area (Å²) in [6.45, 7) is 0.0330. The topological polar surface area (TPSA) is 114 Å². The van der Waals surface area contributed by atoms with Crippen LogP contribution in [0.1, 0.15) is 49.1 Å². The highest BCUT2D eigenvalue weighted by Gasteiger charge is 2.61. The van der Waals surface area contributed by atoms with Crippen LogP contribution in [0.4, 0.5) is 4.79 Å². The van der Waals surface area contributed by atoms with E-state index >= 15 is 0 Å². The van der Waals surface area contributed by atoms with E-state index in [0.29, 0.717) is 12.8 Å². The summed E-state index contributed by atoms with van der Waals surface area (Å²) in [4.78, 5) is 36.5. The van der Waals surface area contributed by atoms with Crippen LogP contribution in [-0.2, 0) is 19.1 Å². The Balaban J connectivity index is 1.21. The van der Waals surface area contributed by atoms with Crippen molar-refractivity contribution in [2.45, 2.75) is 43.6 Å². The Hall–Kier alpha value is -3.39. The molecule has 1 spiro atoms. The molecule has 5 rings (SSSR count). The summed E-state index contributed by atoms with van der Waals surface area (Å²) in [6.07, 6.45) is 3.86. The van der Waals surface area contributed by atoms with Gasteiger partial charge < -0.3 is 25.2 Å². The monoisotopic (exact) mass is 478 g/mol. The Morgan fingerprint density at radius 1 is 0.971 bits per heavy atom. The van der Waals surface area contributed by atoms with E-state index in [9.17, 15) is 14.4 Å². The molecule has 2 saturated carbocycles. The van der Waals surface area contributed by atoms with E-state index in [4.69, 9.17) is 14.6 Å². The van der Waals surface area contributed by atoms with Crippen LogP contribution in [0.5, 0.6) is 0 Å². The minimum Gasteiger partial charge on any atom is -0.480 e. The second-order valence-corrected chi connectivity index (χ2v) is 9.94. The van der Waals surface area contributed by atoms with Crippen LogP contribution in [-0.4, -0.2) is 55.0 Å². The Labute approximate surface area is 204 Å². The van der Waals surface area contributed by atoms with Crippen LogP contribution in [0.2, 0.25) is 0 Å². The molecule has 0 aromatic heterocycles. The lowest BCUT2D eigenvalue weighted by Gasteiger charge is -2.59. The van der Waals surface area contributed by atoms with E-state index in [2.05, 4.69) is 34.9 Å². The minimum atomic E-state index is -1.06. The standard InChI is InChI=1S/C27H30N2O6/c30-23(31)15-34-13-12-28-24(32)27(16-26(17-27)10-5-11-26)29-25(33)35-14-22-20-8-3-1-6-18(20)19-7-2-4-9-21(19)22/h1-4,6-9,22H,5,10-17H2,(H,28,32)(H,29,33)(H,30,31). The fourth-order valence-corrected chi connectivity index (χ4v) is 5.96. The van der Waals surface area contributed by atoms with Gasteiger partial charge in [0.15, 0.2) is 0 Å². The van der Waals surface area contributed by atoms with Gasteiger partial charge >= 0.3 is 12.1 Å². The van der Waals surface area contributed by atoms with Crippen molar-refractivity contribution in [3.8, 4) is 11.1 Å². The maximum atomic E-state index is 13.0. The first-order valence-corrected chi connectivity index (χ1v) is 12.1.